The van der Waals surface area contributed by atoms with Crippen LogP contribution in [0, 0.1) is 11.8 Å². The molecule has 6 nitrogen and oxygen atoms in total. The zero-order valence-electron chi connectivity index (χ0n) is 17.6. The number of rotatable bonds is 9. The summed E-state index contributed by atoms with van der Waals surface area (Å²) in [5.41, 5.74) is 1.30. The summed E-state index contributed by atoms with van der Waals surface area (Å²) < 4.78 is 26.4. The largest absolute Gasteiger partial charge is 0.341 e. The zero-order chi connectivity index (χ0) is 20.7. The van der Waals surface area contributed by atoms with Gasteiger partial charge in [-0.15, -0.1) is 0 Å². The third-order valence-corrected chi connectivity index (χ3v) is 6.97. The molecule has 0 aromatic heterocycles. The van der Waals surface area contributed by atoms with Gasteiger partial charge in [-0.2, -0.15) is 0 Å². The number of likely N-dealkylation sites (tertiary alicyclic amines) is 1. The van der Waals surface area contributed by atoms with Crippen molar-refractivity contribution in [1.29, 1.82) is 0 Å². The third kappa shape index (κ3) is 6.57. The van der Waals surface area contributed by atoms with Crippen LogP contribution in [0.15, 0.2) is 30.3 Å². The Hall–Kier alpha value is -1.44. The highest BCUT2D eigenvalue weighted by molar-refractivity contribution is 7.89. The first-order chi connectivity index (χ1) is 13.2. The van der Waals surface area contributed by atoms with Crippen LogP contribution in [0.5, 0.6) is 0 Å². The van der Waals surface area contributed by atoms with Gasteiger partial charge in [-0.1, -0.05) is 57.5 Å². The smallest absolute Gasteiger partial charge is 0.237 e. The Labute approximate surface area is 170 Å². The molecular formula is C21H35N3O3S. The average molecular weight is 410 g/mol. The van der Waals surface area contributed by atoms with Gasteiger partial charge in [-0.25, -0.2) is 13.1 Å². The second-order valence-corrected chi connectivity index (χ2v) is 10.0. The molecular weight excluding hydrogens is 374 g/mol. The van der Waals surface area contributed by atoms with Crippen molar-refractivity contribution in [3.05, 3.63) is 35.9 Å². The summed E-state index contributed by atoms with van der Waals surface area (Å²) in [6, 6.07) is 10.5. The van der Waals surface area contributed by atoms with Crippen LogP contribution in [0.1, 0.15) is 39.2 Å². The van der Waals surface area contributed by atoms with Gasteiger partial charge in [0, 0.05) is 32.7 Å². The normalized spacial score (nSPS) is 21.6. The van der Waals surface area contributed by atoms with Crippen LogP contribution in [0.4, 0.5) is 0 Å². The van der Waals surface area contributed by atoms with Crippen molar-refractivity contribution in [2.24, 2.45) is 11.8 Å². The number of carbonyl (C=O) groups is 1. The standard InChI is InChI=1S/C21H35N3O3S/c1-5-6-12-28(26,27)22-13-20(25)23(4)21-17(2)14-24(15-18(21)3)16-19-10-8-7-9-11-19/h7-11,17-18,21-22H,5-6,12-16H2,1-4H3/t17-,18-/m0/s1. The van der Waals surface area contributed by atoms with Gasteiger partial charge in [0.05, 0.1) is 12.3 Å². The molecule has 0 radical (unpaired) electrons. The van der Waals surface area contributed by atoms with Gasteiger partial charge in [0.2, 0.25) is 15.9 Å². The Morgan fingerprint density at radius 1 is 1.18 bits per heavy atom. The molecule has 1 heterocycles. The summed E-state index contributed by atoms with van der Waals surface area (Å²) in [6.07, 6.45) is 1.42. The summed E-state index contributed by atoms with van der Waals surface area (Å²) >= 11 is 0. The molecule has 0 saturated carbocycles. The summed E-state index contributed by atoms with van der Waals surface area (Å²) in [7, 11) is -1.58. The van der Waals surface area contributed by atoms with Gasteiger partial charge in [0.15, 0.2) is 0 Å². The lowest BCUT2D eigenvalue weighted by Crippen LogP contribution is -2.56. The fraction of sp³-hybridized carbons (Fsp3) is 0.667. The van der Waals surface area contributed by atoms with Crippen LogP contribution in [-0.2, 0) is 21.4 Å². The van der Waals surface area contributed by atoms with Crippen molar-refractivity contribution in [3.63, 3.8) is 0 Å². The van der Waals surface area contributed by atoms with Crippen molar-refractivity contribution < 1.29 is 13.2 Å². The Morgan fingerprint density at radius 3 is 2.36 bits per heavy atom. The Kier molecular flexibility index (Phi) is 8.46. The van der Waals surface area contributed by atoms with E-state index >= 15 is 0 Å². The Bertz CT molecular complexity index is 712. The molecule has 2 rings (SSSR count). The summed E-state index contributed by atoms with van der Waals surface area (Å²) in [5.74, 6) is 0.544. The van der Waals surface area contributed by atoms with Crippen LogP contribution >= 0.6 is 0 Å². The predicted octanol–water partition coefficient (Wildman–Crippen LogP) is 2.32. The number of nitrogens with one attached hydrogen (secondary N) is 1. The first-order valence-corrected chi connectivity index (χ1v) is 11.9. The first-order valence-electron chi connectivity index (χ1n) is 10.2. The number of benzene rings is 1. The lowest BCUT2D eigenvalue weighted by Gasteiger charge is -2.45. The number of nitrogens with zero attached hydrogens (tertiary/aromatic N) is 2. The molecule has 1 saturated heterocycles. The van der Waals surface area contributed by atoms with Crippen molar-refractivity contribution >= 4 is 15.9 Å². The van der Waals surface area contributed by atoms with Gasteiger partial charge in [-0.3, -0.25) is 9.69 Å². The van der Waals surface area contributed by atoms with E-state index in [4.69, 9.17) is 0 Å². The third-order valence-electron chi connectivity index (χ3n) is 5.56. The summed E-state index contributed by atoms with van der Waals surface area (Å²) in [6.45, 7) is 8.89. The summed E-state index contributed by atoms with van der Waals surface area (Å²) in [4.78, 5) is 16.8. The SMILES string of the molecule is CCCCS(=O)(=O)NCC(=O)N(C)C1[C@@H](C)CN(Cc2ccccc2)C[C@@H]1C. The van der Waals surface area contributed by atoms with Crippen LogP contribution in [0.25, 0.3) is 0 Å². The Morgan fingerprint density at radius 2 is 1.79 bits per heavy atom. The van der Waals surface area contributed by atoms with E-state index in [-0.39, 0.29) is 24.2 Å². The molecule has 1 aromatic rings. The average Bonchev–Trinajstić information content (AvgIpc) is 2.64. The van der Waals surface area contributed by atoms with Crippen LogP contribution in [-0.4, -0.2) is 62.6 Å². The first kappa shape index (κ1) is 22.8. The molecule has 1 amide bonds. The van der Waals surface area contributed by atoms with Gasteiger partial charge in [0.1, 0.15) is 0 Å². The number of amides is 1. The maximum Gasteiger partial charge on any atom is 0.237 e. The van der Waals surface area contributed by atoms with E-state index in [9.17, 15) is 13.2 Å². The number of likely N-dealkylation sites (N-methyl/N-ethyl adjacent to an activating group) is 1. The number of hydrogen-bond acceptors (Lipinski definition) is 4. The maximum absolute atomic E-state index is 12.6. The molecule has 1 N–H and O–H groups in total. The van der Waals surface area contributed by atoms with E-state index < -0.39 is 10.0 Å². The lowest BCUT2D eigenvalue weighted by atomic mass is 9.84. The number of hydrogen-bond donors (Lipinski definition) is 1. The Balaban J connectivity index is 1.91. The predicted molar refractivity (Wildman–Crippen MR) is 113 cm³/mol. The number of piperidine rings is 1. The van der Waals surface area contributed by atoms with Crippen molar-refractivity contribution in [3.8, 4) is 0 Å². The van der Waals surface area contributed by atoms with Crippen molar-refractivity contribution in [2.75, 3.05) is 32.4 Å². The highest BCUT2D eigenvalue weighted by Gasteiger charge is 2.36. The molecule has 0 spiro atoms. The molecule has 0 bridgehead atoms. The van der Waals surface area contributed by atoms with E-state index in [2.05, 4.69) is 47.7 Å². The van der Waals surface area contributed by atoms with Gasteiger partial charge in [-0.05, 0) is 23.8 Å². The van der Waals surface area contributed by atoms with E-state index in [0.29, 0.717) is 18.3 Å². The monoisotopic (exact) mass is 409 g/mol. The molecule has 7 heteroatoms. The van der Waals surface area contributed by atoms with E-state index in [0.717, 1.165) is 26.1 Å². The maximum atomic E-state index is 12.6. The fourth-order valence-electron chi connectivity index (χ4n) is 4.27. The lowest BCUT2D eigenvalue weighted by molar-refractivity contribution is -0.134. The highest BCUT2D eigenvalue weighted by atomic mass is 32.2. The summed E-state index contributed by atoms with van der Waals surface area (Å²) in [5, 5.41) is 0. The fourth-order valence-corrected chi connectivity index (χ4v) is 5.43. The quantitative estimate of drug-likeness (QED) is 0.680. The molecule has 28 heavy (non-hydrogen) atoms. The van der Waals surface area contributed by atoms with Gasteiger partial charge in [0.25, 0.3) is 0 Å². The van der Waals surface area contributed by atoms with E-state index in [1.165, 1.54) is 5.56 Å². The highest BCUT2D eigenvalue weighted by Crippen LogP contribution is 2.27. The zero-order valence-corrected chi connectivity index (χ0v) is 18.4. The number of unbranched alkanes of at least 4 members (excludes halogenated alkanes) is 1. The second-order valence-electron chi connectivity index (χ2n) is 8.12. The molecule has 158 valence electrons. The van der Waals surface area contributed by atoms with Crippen LogP contribution in [0.3, 0.4) is 0 Å². The molecule has 0 aliphatic carbocycles. The number of carbonyl (C=O) groups excluding carboxylic acids is 1. The van der Waals surface area contributed by atoms with Crippen molar-refractivity contribution in [1.82, 2.24) is 14.5 Å². The van der Waals surface area contributed by atoms with Crippen molar-refractivity contribution in [2.45, 2.75) is 46.2 Å². The van der Waals surface area contributed by atoms with E-state index in [1.807, 2.05) is 13.0 Å². The minimum Gasteiger partial charge on any atom is -0.341 e. The van der Waals surface area contributed by atoms with Crippen LogP contribution in [0.2, 0.25) is 0 Å². The molecule has 2 atom stereocenters. The molecule has 1 aliphatic rings. The van der Waals surface area contributed by atoms with Crippen LogP contribution < -0.4 is 4.72 Å². The van der Waals surface area contributed by atoms with Gasteiger partial charge >= 0.3 is 0 Å². The minimum absolute atomic E-state index is 0.0746. The molecule has 0 unspecified atom stereocenters. The molecule has 1 aliphatic heterocycles. The number of sulfonamides is 1. The second kappa shape index (κ2) is 10.4. The topological polar surface area (TPSA) is 69.7 Å². The van der Waals surface area contributed by atoms with Gasteiger partial charge < -0.3 is 4.90 Å². The molecule has 1 aromatic carbocycles. The minimum atomic E-state index is -3.38. The van der Waals surface area contributed by atoms with E-state index in [1.54, 1.807) is 11.9 Å². The molecule has 1 fully saturated rings.